The first-order valence-corrected chi connectivity index (χ1v) is 9.18. The first kappa shape index (κ1) is 17.4. The molecule has 1 aliphatic heterocycles. The minimum atomic E-state index is -0.171. The zero-order chi connectivity index (χ0) is 18.6. The van der Waals surface area contributed by atoms with Gasteiger partial charge in [-0.1, -0.05) is 30.3 Å². The number of aliphatic hydroxyl groups is 1. The van der Waals surface area contributed by atoms with Crippen LogP contribution in [-0.2, 0) is 0 Å². The Morgan fingerprint density at radius 2 is 2.00 bits per heavy atom. The summed E-state index contributed by atoms with van der Waals surface area (Å²) in [7, 11) is 0. The van der Waals surface area contributed by atoms with Crippen molar-refractivity contribution in [3.8, 4) is 0 Å². The molecule has 2 N–H and O–H groups in total. The summed E-state index contributed by atoms with van der Waals surface area (Å²) in [4.78, 5) is 23.2. The third-order valence-corrected chi connectivity index (χ3v) is 5.20. The van der Waals surface area contributed by atoms with Crippen molar-refractivity contribution in [1.82, 2.24) is 14.9 Å². The normalized spacial score (nSPS) is 19.8. The molecule has 3 aromatic rings. The Morgan fingerprint density at radius 1 is 1.15 bits per heavy atom. The van der Waals surface area contributed by atoms with Gasteiger partial charge in [0, 0.05) is 37.2 Å². The second kappa shape index (κ2) is 7.72. The molecule has 1 aromatic carbocycles. The van der Waals surface area contributed by atoms with E-state index in [2.05, 4.69) is 27.4 Å². The van der Waals surface area contributed by atoms with Crippen LogP contribution >= 0.6 is 0 Å². The number of likely N-dealkylation sites (tertiary alicyclic amines) is 1. The zero-order valence-corrected chi connectivity index (χ0v) is 15.0. The molecule has 2 unspecified atom stereocenters. The third kappa shape index (κ3) is 3.75. The average molecular weight is 362 g/mol. The molecule has 6 nitrogen and oxygen atoms in total. The molecule has 0 aliphatic carbocycles. The first-order chi connectivity index (χ1) is 13.2. The average Bonchev–Trinajstić information content (AvgIpc) is 2.73. The van der Waals surface area contributed by atoms with Gasteiger partial charge in [0.05, 0.1) is 0 Å². The topological polar surface area (TPSA) is 78.4 Å². The van der Waals surface area contributed by atoms with E-state index in [1.165, 1.54) is 0 Å². The lowest BCUT2D eigenvalue weighted by Crippen LogP contribution is -2.45. The predicted molar refractivity (Wildman–Crippen MR) is 105 cm³/mol. The Hall–Kier alpha value is -2.99. The molecule has 138 valence electrons. The quantitative estimate of drug-likeness (QED) is 0.750. The summed E-state index contributed by atoms with van der Waals surface area (Å²) < 4.78 is 0. The smallest absolute Gasteiger partial charge is 0.323 e. The maximum atomic E-state index is 12.8. The molecule has 2 atom stereocenters. The van der Waals surface area contributed by atoms with Crippen LogP contribution in [0.3, 0.4) is 0 Å². The van der Waals surface area contributed by atoms with Gasteiger partial charge in [-0.05, 0) is 42.2 Å². The van der Waals surface area contributed by atoms with Crippen molar-refractivity contribution in [2.24, 2.45) is 5.92 Å². The molecule has 0 bridgehead atoms. The molecule has 0 radical (unpaired) electrons. The highest BCUT2D eigenvalue weighted by Crippen LogP contribution is 2.32. The highest BCUT2D eigenvalue weighted by Gasteiger charge is 2.32. The fourth-order valence-electron chi connectivity index (χ4n) is 3.69. The summed E-state index contributed by atoms with van der Waals surface area (Å²) in [6, 6.07) is 17.4. The van der Waals surface area contributed by atoms with E-state index in [0.717, 1.165) is 17.4 Å². The lowest BCUT2D eigenvalue weighted by Gasteiger charge is -2.38. The Kier molecular flexibility index (Phi) is 4.98. The van der Waals surface area contributed by atoms with Crippen LogP contribution < -0.4 is 5.32 Å². The van der Waals surface area contributed by atoms with Crippen LogP contribution in [0.1, 0.15) is 17.9 Å². The number of pyridine rings is 2. The molecule has 4 rings (SSSR count). The SMILES string of the molecule is O=C(Nc1ccc2cccnc2n1)N1CCC(CO)C(c2ccccc2)C1. The summed E-state index contributed by atoms with van der Waals surface area (Å²) in [5.41, 5.74) is 1.76. The minimum Gasteiger partial charge on any atom is -0.396 e. The Morgan fingerprint density at radius 3 is 2.81 bits per heavy atom. The van der Waals surface area contributed by atoms with Gasteiger partial charge in [0.15, 0.2) is 5.65 Å². The van der Waals surface area contributed by atoms with E-state index in [4.69, 9.17) is 0 Å². The van der Waals surface area contributed by atoms with E-state index in [1.807, 2.05) is 36.4 Å². The minimum absolute atomic E-state index is 0.127. The van der Waals surface area contributed by atoms with Gasteiger partial charge >= 0.3 is 6.03 Å². The lowest BCUT2D eigenvalue weighted by atomic mass is 9.81. The van der Waals surface area contributed by atoms with Crippen molar-refractivity contribution in [1.29, 1.82) is 0 Å². The monoisotopic (exact) mass is 362 g/mol. The molecule has 0 spiro atoms. The number of carbonyl (C=O) groups is 1. The number of aromatic nitrogens is 2. The molecule has 1 saturated heterocycles. The number of hydrogen-bond donors (Lipinski definition) is 2. The van der Waals surface area contributed by atoms with Gasteiger partial charge in [-0.3, -0.25) is 5.32 Å². The van der Waals surface area contributed by atoms with Gasteiger partial charge in [-0.15, -0.1) is 0 Å². The highest BCUT2D eigenvalue weighted by atomic mass is 16.3. The Bertz CT molecular complexity index is 932. The van der Waals surface area contributed by atoms with Gasteiger partial charge in [-0.2, -0.15) is 0 Å². The zero-order valence-electron chi connectivity index (χ0n) is 15.0. The van der Waals surface area contributed by atoms with Crippen molar-refractivity contribution < 1.29 is 9.90 Å². The third-order valence-electron chi connectivity index (χ3n) is 5.20. The molecule has 6 heteroatoms. The summed E-state index contributed by atoms with van der Waals surface area (Å²) >= 11 is 0. The van der Waals surface area contributed by atoms with E-state index < -0.39 is 0 Å². The van der Waals surface area contributed by atoms with Crippen LogP contribution in [0.5, 0.6) is 0 Å². The lowest BCUT2D eigenvalue weighted by molar-refractivity contribution is 0.124. The van der Waals surface area contributed by atoms with Crippen molar-refractivity contribution >= 4 is 22.9 Å². The predicted octanol–water partition coefficient (Wildman–Crippen LogP) is 3.26. The van der Waals surface area contributed by atoms with E-state index >= 15 is 0 Å². The van der Waals surface area contributed by atoms with E-state index in [-0.39, 0.29) is 24.5 Å². The number of urea groups is 1. The number of piperidine rings is 1. The van der Waals surface area contributed by atoms with Gasteiger partial charge in [0.1, 0.15) is 5.82 Å². The fourth-order valence-corrected chi connectivity index (χ4v) is 3.69. The molecule has 1 fully saturated rings. The number of nitrogens with zero attached hydrogens (tertiary/aromatic N) is 3. The van der Waals surface area contributed by atoms with Gasteiger partial charge < -0.3 is 10.0 Å². The first-order valence-electron chi connectivity index (χ1n) is 9.18. The van der Waals surface area contributed by atoms with Crippen LogP contribution in [0, 0.1) is 5.92 Å². The van der Waals surface area contributed by atoms with Gasteiger partial charge in [0.25, 0.3) is 0 Å². The van der Waals surface area contributed by atoms with E-state index in [0.29, 0.717) is 24.6 Å². The molecule has 27 heavy (non-hydrogen) atoms. The summed E-state index contributed by atoms with van der Waals surface area (Å²) in [6.45, 7) is 1.33. The Balaban J connectivity index is 1.49. The Labute approximate surface area is 157 Å². The number of fused-ring (bicyclic) bond motifs is 1. The molecule has 2 amide bonds. The fraction of sp³-hybridized carbons (Fsp3) is 0.286. The number of rotatable bonds is 3. The second-order valence-corrected chi connectivity index (χ2v) is 6.87. The second-order valence-electron chi connectivity index (χ2n) is 6.87. The summed E-state index contributed by atoms with van der Waals surface area (Å²) in [6.07, 6.45) is 2.46. The largest absolute Gasteiger partial charge is 0.396 e. The molecule has 3 heterocycles. The van der Waals surface area contributed by atoms with Gasteiger partial charge in [-0.25, -0.2) is 14.8 Å². The van der Waals surface area contributed by atoms with Crippen LogP contribution in [0.4, 0.5) is 10.6 Å². The van der Waals surface area contributed by atoms with E-state index in [9.17, 15) is 9.90 Å². The number of carbonyl (C=O) groups excluding carboxylic acids is 1. The van der Waals surface area contributed by atoms with Crippen LogP contribution in [0.15, 0.2) is 60.8 Å². The maximum absolute atomic E-state index is 12.8. The van der Waals surface area contributed by atoms with Crippen molar-refractivity contribution in [3.05, 3.63) is 66.4 Å². The van der Waals surface area contributed by atoms with Crippen LogP contribution in [-0.4, -0.2) is 45.7 Å². The number of hydrogen-bond acceptors (Lipinski definition) is 4. The number of nitrogens with one attached hydrogen (secondary N) is 1. The molecular formula is C21H22N4O2. The molecule has 1 aliphatic rings. The van der Waals surface area contributed by atoms with Crippen molar-refractivity contribution in [2.75, 3.05) is 25.0 Å². The number of anilines is 1. The number of aliphatic hydroxyl groups excluding tert-OH is 1. The van der Waals surface area contributed by atoms with Gasteiger partial charge in [0.2, 0.25) is 0 Å². The molecule has 0 saturated carbocycles. The number of amides is 2. The molecule has 2 aromatic heterocycles. The standard InChI is InChI=1S/C21H22N4O2/c26-14-17-10-12-25(13-18(17)15-5-2-1-3-6-15)21(27)24-19-9-8-16-7-4-11-22-20(16)23-19/h1-9,11,17-18,26H,10,12-14H2,(H,22,23,24,27). The van der Waals surface area contributed by atoms with Crippen LogP contribution in [0.2, 0.25) is 0 Å². The maximum Gasteiger partial charge on any atom is 0.323 e. The highest BCUT2D eigenvalue weighted by molar-refractivity contribution is 5.89. The van der Waals surface area contributed by atoms with Crippen LogP contribution in [0.25, 0.3) is 11.0 Å². The van der Waals surface area contributed by atoms with Crippen molar-refractivity contribution in [3.63, 3.8) is 0 Å². The molecular weight excluding hydrogens is 340 g/mol. The number of benzene rings is 1. The van der Waals surface area contributed by atoms with E-state index in [1.54, 1.807) is 17.2 Å². The van der Waals surface area contributed by atoms with Crippen molar-refractivity contribution in [2.45, 2.75) is 12.3 Å². The summed E-state index contributed by atoms with van der Waals surface area (Å²) in [5, 5.41) is 13.6. The summed E-state index contributed by atoms with van der Waals surface area (Å²) in [5.74, 6) is 0.785.